The fourth-order valence-electron chi connectivity index (χ4n) is 2.60. The summed E-state index contributed by atoms with van der Waals surface area (Å²) in [7, 11) is 1.79. The van der Waals surface area contributed by atoms with Crippen LogP contribution in [-0.4, -0.2) is 45.8 Å². The largest absolute Gasteiger partial charge is 0.336 e. The number of amides is 1. The quantitative estimate of drug-likeness (QED) is 0.844. The Bertz CT molecular complexity index is 528. The predicted octanol–water partition coefficient (Wildman–Crippen LogP) is 1.60. The number of carbonyl (C=O) groups is 1. The standard InChI is InChI=1S/C14H21ClN4O/c1-9-7-19(8-10(2)16-9)13(20)6-5-12-11(3)17-18(4)14(12)15/h5-6,9-10,16H,7-8H2,1-4H3/b6-5+. The smallest absolute Gasteiger partial charge is 0.246 e. The van der Waals surface area contributed by atoms with Crippen molar-refractivity contribution in [2.45, 2.75) is 32.9 Å². The number of carbonyl (C=O) groups excluding carboxylic acids is 1. The molecule has 1 aliphatic rings. The average Bonchev–Trinajstić information content (AvgIpc) is 2.60. The second-order valence-corrected chi connectivity index (χ2v) is 5.82. The molecule has 6 heteroatoms. The second kappa shape index (κ2) is 5.97. The lowest BCUT2D eigenvalue weighted by atomic mass is 10.1. The van der Waals surface area contributed by atoms with Crippen molar-refractivity contribution in [1.82, 2.24) is 20.0 Å². The zero-order valence-corrected chi connectivity index (χ0v) is 13.1. The Hall–Kier alpha value is -1.33. The van der Waals surface area contributed by atoms with Crippen LogP contribution >= 0.6 is 11.6 Å². The minimum Gasteiger partial charge on any atom is -0.336 e. The summed E-state index contributed by atoms with van der Waals surface area (Å²) in [4.78, 5) is 14.1. The van der Waals surface area contributed by atoms with Gasteiger partial charge in [-0.25, -0.2) is 0 Å². The lowest BCUT2D eigenvalue weighted by Gasteiger charge is -2.35. The van der Waals surface area contributed by atoms with E-state index in [9.17, 15) is 4.79 Å². The van der Waals surface area contributed by atoms with Crippen molar-refractivity contribution >= 4 is 23.6 Å². The van der Waals surface area contributed by atoms with E-state index in [1.165, 1.54) is 0 Å². The van der Waals surface area contributed by atoms with Crippen molar-refractivity contribution in [2.75, 3.05) is 13.1 Å². The molecular weight excluding hydrogens is 276 g/mol. The van der Waals surface area contributed by atoms with Crippen molar-refractivity contribution in [3.63, 3.8) is 0 Å². The van der Waals surface area contributed by atoms with E-state index >= 15 is 0 Å². The highest BCUT2D eigenvalue weighted by Gasteiger charge is 2.23. The van der Waals surface area contributed by atoms with Gasteiger partial charge in [-0.3, -0.25) is 9.48 Å². The van der Waals surface area contributed by atoms with Gasteiger partial charge in [0.15, 0.2) is 0 Å². The first-order valence-corrected chi connectivity index (χ1v) is 7.18. The molecule has 0 aliphatic carbocycles. The normalized spacial score (nSPS) is 23.6. The molecule has 0 spiro atoms. The molecule has 1 aromatic rings. The number of nitrogens with one attached hydrogen (secondary N) is 1. The minimum atomic E-state index is 0.0181. The molecule has 2 unspecified atom stereocenters. The fraction of sp³-hybridized carbons (Fsp3) is 0.571. The van der Waals surface area contributed by atoms with Gasteiger partial charge < -0.3 is 10.2 Å². The summed E-state index contributed by atoms with van der Waals surface area (Å²) < 4.78 is 1.61. The zero-order chi connectivity index (χ0) is 14.9. The third-order valence-corrected chi connectivity index (χ3v) is 3.91. The van der Waals surface area contributed by atoms with Crippen LogP contribution in [0, 0.1) is 6.92 Å². The van der Waals surface area contributed by atoms with Crippen LogP contribution in [0.2, 0.25) is 5.15 Å². The van der Waals surface area contributed by atoms with Crippen LogP contribution in [0.15, 0.2) is 6.08 Å². The van der Waals surface area contributed by atoms with Gasteiger partial charge in [0.05, 0.1) is 5.69 Å². The van der Waals surface area contributed by atoms with Crippen LogP contribution in [0.5, 0.6) is 0 Å². The maximum absolute atomic E-state index is 12.2. The Kier molecular flexibility index (Phi) is 4.50. The van der Waals surface area contributed by atoms with Crippen molar-refractivity contribution in [2.24, 2.45) is 7.05 Å². The highest BCUT2D eigenvalue weighted by molar-refractivity contribution is 6.31. The summed E-state index contributed by atoms with van der Waals surface area (Å²) in [5.41, 5.74) is 1.63. The summed E-state index contributed by atoms with van der Waals surface area (Å²) in [5, 5.41) is 8.18. The minimum absolute atomic E-state index is 0.0181. The number of nitrogens with zero attached hydrogens (tertiary/aromatic N) is 3. The Morgan fingerprint density at radius 2 is 2.00 bits per heavy atom. The summed E-state index contributed by atoms with van der Waals surface area (Å²) in [5.74, 6) is 0.0181. The molecule has 1 N–H and O–H groups in total. The number of hydrogen-bond donors (Lipinski definition) is 1. The molecule has 1 amide bonds. The molecule has 2 atom stereocenters. The molecular formula is C14H21ClN4O. The number of halogens is 1. The fourth-order valence-corrected chi connectivity index (χ4v) is 2.84. The molecule has 0 bridgehead atoms. The van der Waals surface area contributed by atoms with Crippen LogP contribution in [0.3, 0.4) is 0 Å². The van der Waals surface area contributed by atoms with Crippen molar-refractivity contribution in [3.05, 3.63) is 22.5 Å². The molecule has 0 radical (unpaired) electrons. The molecule has 1 aliphatic heterocycles. The lowest BCUT2D eigenvalue weighted by Crippen LogP contribution is -2.55. The van der Waals surface area contributed by atoms with Gasteiger partial charge in [0, 0.05) is 43.9 Å². The average molecular weight is 297 g/mol. The molecule has 0 aromatic carbocycles. The van der Waals surface area contributed by atoms with Crippen LogP contribution in [0.25, 0.3) is 6.08 Å². The number of aryl methyl sites for hydroxylation is 2. The van der Waals surface area contributed by atoms with Crippen molar-refractivity contribution in [3.8, 4) is 0 Å². The highest BCUT2D eigenvalue weighted by Crippen LogP contribution is 2.20. The topological polar surface area (TPSA) is 50.2 Å². The van der Waals surface area contributed by atoms with E-state index in [1.807, 2.05) is 11.8 Å². The van der Waals surface area contributed by atoms with E-state index in [2.05, 4.69) is 24.3 Å². The first-order chi connectivity index (χ1) is 9.38. The molecule has 2 rings (SSSR count). The maximum atomic E-state index is 12.2. The summed E-state index contributed by atoms with van der Waals surface area (Å²) in [6.45, 7) is 7.51. The molecule has 110 valence electrons. The van der Waals surface area contributed by atoms with Gasteiger partial charge in [-0.2, -0.15) is 5.10 Å². The van der Waals surface area contributed by atoms with E-state index < -0.39 is 0 Å². The highest BCUT2D eigenvalue weighted by atomic mass is 35.5. The maximum Gasteiger partial charge on any atom is 0.246 e. The number of rotatable bonds is 2. The Morgan fingerprint density at radius 3 is 2.50 bits per heavy atom. The van der Waals surface area contributed by atoms with Crippen LogP contribution in [0.1, 0.15) is 25.1 Å². The summed E-state index contributed by atoms with van der Waals surface area (Å²) >= 11 is 6.14. The van der Waals surface area contributed by atoms with Gasteiger partial charge in [0.2, 0.25) is 5.91 Å². The van der Waals surface area contributed by atoms with E-state index in [1.54, 1.807) is 23.9 Å². The van der Waals surface area contributed by atoms with Gasteiger partial charge in [0.25, 0.3) is 0 Å². The van der Waals surface area contributed by atoms with E-state index in [0.29, 0.717) is 17.2 Å². The van der Waals surface area contributed by atoms with Gasteiger partial charge in [-0.05, 0) is 26.8 Å². The molecule has 2 heterocycles. The molecule has 1 fully saturated rings. The molecule has 1 saturated heterocycles. The van der Waals surface area contributed by atoms with E-state index in [0.717, 1.165) is 24.3 Å². The van der Waals surface area contributed by atoms with Gasteiger partial charge in [-0.15, -0.1) is 0 Å². The third-order valence-electron chi connectivity index (χ3n) is 3.46. The molecule has 5 nitrogen and oxygen atoms in total. The van der Waals surface area contributed by atoms with Gasteiger partial charge in [0.1, 0.15) is 5.15 Å². The third kappa shape index (κ3) is 3.22. The SMILES string of the molecule is Cc1nn(C)c(Cl)c1/C=C/C(=O)N1CC(C)NC(C)C1. The van der Waals surface area contributed by atoms with Gasteiger partial charge >= 0.3 is 0 Å². The van der Waals surface area contributed by atoms with Crippen LogP contribution in [0.4, 0.5) is 0 Å². The molecule has 1 aromatic heterocycles. The lowest BCUT2D eigenvalue weighted by molar-refractivity contribution is -0.127. The zero-order valence-electron chi connectivity index (χ0n) is 12.4. The molecule has 0 saturated carbocycles. The van der Waals surface area contributed by atoms with Crippen LogP contribution in [-0.2, 0) is 11.8 Å². The van der Waals surface area contributed by atoms with Gasteiger partial charge in [-0.1, -0.05) is 11.6 Å². The Morgan fingerprint density at radius 1 is 1.40 bits per heavy atom. The van der Waals surface area contributed by atoms with E-state index in [4.69, 9.17) is 11.6 Å². The first-order valence-electron chi connectivity index (χ1n) is 6.80. The Balaban J connectivity index is 2.09. The monoisotopic (exact) mass is 296 g/mol. The second-order valence-electron chi connectivity index (χ2n) is 5.46. The first kappa shape index (κ1) is 15.1. The molecule has 20 heavy (non-hydrogen) atoms. The van der Waals surface area contributed by atoms with Crippen molar-refractivity contribution < 1.29 is 4.79 Å². The Labute approximate surface area is 124 Å². The summed E-state index contributed by atoms with van der Waals surface area (Å²) in [6.07, 6.45) is 3.34. The number of hydrogen-bond acceptors (Lipinski definition) is 3. The van der Waals surface area contributed by atoms with E-state index in [-0.39, 0.29) is 5.91 Å². The van der Waals surface area contributed by atoms with Crippen LogP contribution < -0.4 is 5.32 Å². The number of aromatic nitrogens is 2. The summed E-state index contributed by atoms with van der Waals surface area (Å²) in [6, 6.07) is 0.639. The number of piperazine rings is 1. The predicted molar refractivity (Wildman–Crippen MR) is 80.6 cm³/mol. The van der Waals surface area contributed by atoms with Crippen molar-refractivity contribution in [1.29, 1.82) is 0 Å².